The Hall–Kier alpha value is -0.0800. The lowest BCUT2D eigenvalue weighted by molar-refractivity contribution is 0.114. The summed E-state index contributed by atoms with van der Waals surface area (Å²) >= 11 is 0. The van der Waals surface area contributed by atoms with E-state index in [1.165, 1.54) is 32.1 Å². The molecule has 0 aromatic carbocycles. The number of nitrogens with one attached hydrogen (secondary N) is 1. The fraction of sp³-hybridized carbons (Fsp3) is 1.00. The lowest BCUT2D eigenvalue weighted by Gasteiger charge is -2.30. The standard InChI is InChI=1S/C16H29NO/c1-3-17-16(15-6-11(2)18-10-15)9-14-8-12-4-5-13(14)7-12/h11-17H,3-10H2,1-2H3. The number of fused-ring (bicyclic) bond motifs is 2. The SMILES string of the molecule is CCNC(CC1CC2CCC1C2)C1COC(C)C1. The Labute approximate surface area is 112 Å². The van der Waals surface area contributed by atoms with E-state index >= 15 is 0 Å². The molecule has 3 rings (SSSR count). The maximum absolute atomic E-state index is 5.78. The van der Waals surface area contributed by atoms with Gasteiger partial charge in [-0.05, 0) is 63.3 Å². The summed E-state index contributed by atoms with van der Waals surface area (Å²) in [6, 6.07) is 0.712. The predicted molar refractivity (Wildman–Crippen MR) is 74.5 cm³/mol. The van der Waals surface area contributed by atoms with Gasteiger partial charge in [0.25, 0.3) is 0 Å². The van der Waals surface area contributed by atoms with E-state index in [0.29, 0.717) is 12.1 Å². The van der Waals surface area contributed by atoms with Crippen molar-refractivity contribution in [2.24, 2.45) is 23.7 Å². The molecule has 2 nitrogen and oxygen atoms in total. The van der Waals surface area contributed by atoms with E-state index in [1.807, 2.05) is 0 Å². The van der Waals surface area contributed by atoms with Crippen LogP contribution in [0.5, 0.6) is 0 Å². The van der Waals surface area contributed by atoms with E-state index in [2.05, 4.69) is 19.2 Å². The fourth-order valence-corrected chi connectivity index (χ4v) is 4.83. The Bertz CT molecular complexity index is 280. The van der Waals surface area contributed by atoms with Crippen molar-refractivity contribution in [3.8, 4) is 0 Å². The molecule has 3 aliphatic rings. The van der Waals surface area contributed by atoms with Crippen molar-refractivity contribution in [1.29, 1.82) is 0 Å². The van der Waals surface area contributed by atoms with Gasteiger partial charge in [-0.25, -0.2) is 0 Å². The molecule has 6 atom stereocenters. The molecule has 0 amide bonds. The first-order chi connectivity index (χ1) is 8.76. The quantitative estimate of drug-likeness (QED) is 0.810. The van der Waals surface area contributed by atoms with Crippen molar-refractivity contribution in [1.82, 2.24) is 5.32 Å². The summed E-state index contributed by atoms with van der Waals surface area (Å²) in [5.74, 6) is 3.93. The van der Waals surface area contributed by atoms with E-state index in [4.69, 9.17) is 4.74 Å². The minimum atomic E-state index is 0.483. The highest BCUT2D eigenvalue weighted by Gasteiger charge is 2.41. The Kier molecular flexibility index (Phi) is 3.95. The molecule has 0 aromatic rings. The third-order valence-electron chi connectivity index (χ3n) is 5.71. The van der Waals surface area contributed by atoms with Gasteiger partial charge < -0.3 is 10.1 Å². The Morgan fingerprint density at radius 3 is 2.67 bits per heavy atom. The van der Waals surface area contributed by atoms with Gasteiger partial charge in [-0.2, -0.15) is 0 Å². The molecule has 3 fully saturated rings. The Balaban J connectivity index is 1.56. The van der Waals surface area contributed by atoms with E-state index in [-0.39, 0.29) is 0 Å². The summed E-state index contributed by atoms with van der Waals surface area (Å²) in [6.07, 6.45) is 9.27. The molecule has 104 valence electrons. The van der Waals surface area contributed by atoms with Crippen LogP contribution in [0.2, 0.25) is 0 Å². The average molecular weight is 251 g/mol. The molecule has 1 heterocycles. The first-order valence-electron chi connectivity index (χ1n) is 8.11. The van der Waals surface area contributed by atoms with Gasteiger partial charge in [0.15, 0.2) is 0 Å². The molecule has 6 unspecified atom stereocenters. The minimum absolute atomic E-state index is 0.483. The average Bonchev–Trinajstić information content (AvgIpc) is 3.04. The fourth-order valence-electron chi connectivity index (χ4n) is 4.83. The zero-order valence-electron chi connectivity index (χ0n) is 12.0. The van der Waals surface area contributed by atoms with E-state index in [0.717, 1.165) is 36.8 Å². The summed E-state index contributed by atoms with van der Waals surface area (Å²) in [4.78, 5) is 0. The summed E-state index contributed by atoms with van der Waals surface area (Å²) < 4.78 is 5.78. The zero-order chi connectivity index (χ0) is 12.5. The molecule has 0 radical (unpaired) electrons. The van der Waals surface area contributed by atoms with E-state index in [1.54, 1.807) is 6.42 Å². The third-order valence-corrected chi connectivity index (χ3v) is 5.71. The van der Waals surface area contributed by atoms with Crippen LogP contribution in [-0.4, -0.2) is 25.3 Å². The molecule has 1 aliphatic heterocycles. The zero-order valence-corrected chi connectivity index (χ0v) is 12.0. The van der Waals surface area contributed by atoms with Crippen LogP contribution in [0.1, 0.15) is 52.4 Å². The first kappa shape index (κ1) is 12.9. The highest BCUT2D eigenvalue weighted by molar-refractivity contribution is 4.93. The number of hydrogen-bond acceptors (Lipinski definition) is 2. The predicted octanol–water partition coefficient (Wildman–Crippen LogP) is 3.22. The van der Waals surface area contributed by atoms with Gasteiger partial charge in [0.2, 0.25) is 0 Å². The van der Waals surface area contributed by atoms with Crippen LogP contribution < -0.4 is 5.32 Å². The lowest BCUT2D eigenvalue weighted by Crippen LogP contribution is -2.39. The van der Waals surface area contributed by atoms with Crippen molar-refractivity contribution in [2.75, 3.05) is 13.2 Å². The molecule has 18 heavy (non-hydrogen) atoms. The van der Waals surface area contributed by atoms with Gasteiger partial charge >= 0.3 is 0 Å². The lowest BCUT2D eigenvalue weighted by atomic mass is 9.80. The van der Waals surface area contributed by atoms with Crippen LogP contribution in [0.15, 0.2) is 0 Å². The van der Waals surface area contributed by atoms with Crippen molar-refractivity contribution in [3.05, 3.63) is 0 Å². The molecule has 1 N–H and O–H groups in total. The van der Waals surface area contributed by atoms with E-state index < -0.39 is 0 Å². The highest BCUT2D eigenvalue weighted by atomic mass is 16.5. The van der Waals surface area contributed by atoms with Crippen LogP contribution in [0, 0.1) is 23.7 Å². The van der Waals surface area contributed by atoms with Gasteiger partial charge in [-0.15, -0.1) is 0 Å². The van der Waals surface area contributed by atoms with Gasteiger partial charge in [0, 0.05) is 12.0 Å². The second-order valence-corrected chi connectivity index (χ2v) is 6.97. The number of rotatable bonds is 5. The monoisotopic (exact) mass is 251 g/mol. The molecule has 2 saturated carbocycles. The smallest absolute Gasteiger partial charge is 0.0551 e. The van der Waals surface area contributed by atoms with Crippen LogP contribution >= 0.6 is 0 Å². The maximum Gasteiger partial charge on any atom is 0.0551 e. The second kappa shape index (κ2) is 5.50. The topological polar surface area (TPSA) is 21.3 Å². The normalized spacial score (nSPS) is 44.7. The van der Waals surface area contributed by atoms with Crippen LogP contribution in [0.4, 0.5) is 0 Å². The van der Waals surface area contributed by atoms with Gasteiger partial charge in [0.1, 0.15) is 0 Å². The molecule has 1 saturated heterocycles. The summed E-state index contributed by atoms with van der Waals surface area (Å²) in [6.45, 7) is 6.56. The Morgan fingerprint density at radius 2 is 2.11 bits per heavy atom. The number of ether oxygens (including phenoxy) is 1. The largest absolute Gasteiger partial charge is 0.378 e. The molecule has 2 bridgehead atoms. The van der Waals surface area contributed by atoms with Crippen LogP contribution in [0.25, 0.3) is 0 Å². The molecule has 0 spiro atoms. The maximum atomic E-state index is 5.78. The molecule has 0 aromatic heterocycles. The van der Waals surface area contributed by atoms with Crippen LogP contribution in [-0.2, 0) is 4.74 Å². The minimum Gasteiger partial charge on any atom is -0.378 e. The third kappa shape index (κ3) is 2.60. The second-order valence-electron chi connectivity index (χ2n) is 6.97. The molecule has 2 heteroatoms. The summed E-state index contributed by atoms with van der Waals surface area (Å²) in [5, 5.41) is 3.75. The van der Waals surface area contributed by atoms with Crippen molar-refractivity contribution in [2.45, 2.75) is 64.5 Å². The van der Waals surface area contributed by atoms with Crippen LogP contribution in [0.3, 0.4) is 0 Å². The van der Waals surface area contributed by atoms with Crippen molar-refractivity contribution >= 4 is 0 Å². The molecule has 2 aliphatic carbocycles. The summed E-state index contributed by atoms with van der Waals surface area (Å²) in [7, 11) is 0. The van der Waals surface area contributed by atoms with Crippen molar-refractivity contribution in [3.63, 3.8) is 0 Å². The molecular formula is C16H29NO. The summed E-state index contributed by atoms with van der Waals surface area (Å²) in [5.41, 5.74) is 0. The van der Waals surface area contributed by atoms with Gasteiger partial charge in [-0.1, -0.05) is 13.3 Å². The number of hydrogen-bond donors (Lipinski definition) is 1. The first-order valence-corrected chi connectivity index (χ1v) is 8.11. The highest BCUT2D eigenvalue weighted by Crippen LogP contribution is 2.50. The van der Waals surface area contributed by atoms with E-state index in [9.17, 15) is 0 Å². The molecular weight excluding hydrogens is 222 g/mol. The van der Waals surface area contributed by atoms with Gasteiger partial charge in [0.05, 0.1) is 12.7 Å². The van der Waals surface area contributed by atoms with Crippen molar-refractivity contribution < 1.29 is 4.74 Å². The van der Waals surface area contributed by atoms with Gasteiger partial charge in [-0.3, -0.25) is 0 Å². The Morgan fingerprint density at radius 1 is 1.22 bits per heavy atom.